The Morgan fingerprint density at radius 3 is 2.21 bits per heavy atom. The van der Waals surface area contributed by atoms with Gasteiger partial charge < -0.3 is 15.0 Å². The number of amides is 2. The number of methoxy groups -OCH3 is 1. The molecule has 4 aromatic carbocycles. The number of likely N-dealkylation sites (N-methyl/N-ethyl adjacent to an activating group) is 1. The number of carbonyl (C=O) groups excluding carboxylic acids is 2. The molecule has 0 bridgehead atoms. The molecule has 0 unspecified atom stereocenters. The molecule has 0 heterocycles. The summed E-state index contributed by atoms with van der Waals surface area (Å²) in [7, 11) is -1.15. The molecule has 224 valence electrons. The Balaban J connectivity index is 1.79. The minimum absolute atomic E-state index is 0.0253. The Labute approximate surface area is 257 Å². The van der Waals surface area contributed by atoms with E-state index >= 15 is 0 Å². The van der Waals surface area contributed by atoms with Crippen LogP contribution in [-0.4, -0.2) is 51.9 Å². The number of hydrogen-bond donors (Lipinski definition) is 1. The number of rotatable bonds is 12. The molecule has 0 aliphatic heterocycles. The number of anilines is 1. The molecule has 0 fully saturated rings. The van der Waals surface area contributed by atoms with Gasteiger partial charge in [-0.15, -0.1) is 0 Å². The average Bonchev–Trinajstić information content (AvgIpc) is 3.01. The summed E-state index contributed by atoms with van der Waals surface area (Å²) in [5.74, 6) is -0.356. The average molecular weight is 620 g/mol. The highest BCUT2D eigenvalue weighted by atomic mass is 35.5. The molecule has 1 atom stereocenters. The van der Waals surface area contributed by atoms with Crippen molar-refractivity contribution in [1.82, 2.24) is 10.2 Å². The number of aryl methyl sites for hydroxylation is 1. The van der Waals surface area contributed by atoms with Crippen molar-refractivity contribution >= 4 is 39.1 Å². The van der Waals surface area contributed by atoms with Crippen LogP contribution >= 0.6 is 11.6 Å². The Kier molecular flexibility index (Phi) is 10.4. The highest BCUT2D eigenvalue weighted by Crippen LogP contribution is 2.27. The zero-order chi connectivity index (χ0) is 31.0. The maximum Gasteiger partial charge on any atom is 0.264 e. The predicted molar refractivity (Wildman–Crippen MR) is 169 cm³/mol. The lowest BCUT2D eigenvalue weighted by Crippen LogP contribution is -2.53. The number of nitrogens with zero attached hydrogens (tertiary/aromatic N) is 2. The van der Waals surface area contributed by atoms with Crippen LogP contribution in [0.3, 0.4) is 0 Å². The van der Waals surface area contributed by atoms with E-state index in [1.807, 2.05) is 43.3 Å². The van der Waals surface area contributed by atoms with E-state index < -0.39 is 28.5 Å². The summed E-state index contributed by atoms with van der Waals surface area (Å²) in [5.41, 5.74) is 2.68. The summed E-state index contributed by atoms with van der Waals surface area (Å²) in [4.78, 5) is 29.1. The van der Waals surface area contributed by atoms with E-state index in [1.54, 1.807) is 55.6 Å². The Bertz CT molecular complexity index is 1660. The van der Waals surface area contributed by atoms with Crippen LogP contribution in [-0.2, 0) is 32.6 Å². The first-order valence-electron chi connectivity index (χ1n) is 13.6. The third-order valence-corrected chi connectivity index (χ3v) is 9.01. The highest BCUT2D eigenvalue weighted by Gasteiger charge is 2.34. The smallest absolute Gasteiger partial charge is 0.264 e. The molecule has 0 aliphatic carbocycles. The van der Waals surface area contributed by atoms with Crippen molar-refractivity contribution < 1.29 is 22.7 Å². The fourth-order valence-corrected chi connectivity index (χ4v) is 6.28. The fourth-order valence-electron chi connectivity index (χ4n) is 4.69. The summed E-state index contributed by atoms with van der Waals surface area (Å²) in [6.45, 7) is 1.33. The third-order valence-electron chi connectivity index (χ3n) is 6.99. The van der Waals surface area contributed by atoms with Crippen molar-refractivity contribution in [2.75, 3.05) is 25.0 Å². The van der Waals surface area contributed by atoms with Crippen LogP contribution in [0.15, 0.2) is 108 Å². The van der Waals surface area contributed by atoms with E-state index in [4.69, 9.17) is 16.3 Å². The molecule has 43 heavy (non-hydrogen) atoms. The minimum Gasteiger partial charge on any atom is -0.497 e. The molecule has 1 N–H and O–H groups in total. The number of benzene rings is 4. The van der Waals surface area contributed by atoms with Gasteiger partial charge in [-0.2, -0.15) is 0 Å². The van der Waals surface area contributed by atoms with E-state index in [9.17, 15) is 18.0 Å². The monoisotopic (exact) mass is 619 g/mol. The van der Waals surface area contributed by atoms with E-state index in [2.05, 4.69) is 5.32 Å². The van der Waals surface area contributed by atoms with Gasteiger partial charge in [-0.05, 0) is 60.5 Å². The molecule has 0 spiro atoms. The third kappa shape index (κ3) is 7.94. The lowest BCUT2D eigenvalue weighted by atomic mass is 10.0. The number of nitrogens with one attached hydrogen (secondary N) is 1. The van der Waals surface area contributed by atoms with Gasteiger partial charge in [-0.1, -0.05) is 77.8 Å². The van der Waals surface area contributed by atoms with Crippen LogP contribution in [0.5, 0.6) is 5.75 Å². The zero-order valence-electron chi connectivity index (χ0n) is 24.2. The molecule has 0 aromatic heterocycles. The van der Waals surface area contributed by atoms with Crippen molar-refractivity contribution in [3.63, 3.8) is 0 Å². The first kappa shape index (κ1) is 31.6. The number of carbonyl (C=O) groups is 2. The quantitative estimate of drug-likeness (QED) is 0.234. The second kappa shape index (κ2) is 14.2. The molecular formula is C33H34ClN3O5S. The molecular weight excluding hydrogens is 586 g/mol. The van der Waals surface area contributed by atoms with Crippen molar-refractivity contribution in [2.45, 2.75) is 30.8 Å². The number of halogens is 1. The van der Waals surface area contributed by atoms with Gasteiger partial charge in [0.1, 0.15) is 18.3 Å². The standard InChI is InChI=1S/C33H34ClN3O5S/c1-24-15-17-30(18-16-24)43(40,41)37(28-13-8-12-27(34)21-28)23-32(38)36(22-26-11-7-14-29(19-26)42-3)31(33(39)35-2)20-25-9-5-4-6-10-25/h4-19,21,31H,20,22-23H2,1-3H3,(H,35,39)/t31-/m1/s1. The van der Waals surface area contributed by atoms with Gasteiger partial charge in [-0.3, -0.25) is 13.9 Å². The van der Waals surface area contributed by atoms with Crippen molar-refractivity contribution in [2.24, 2.45) is 0 Å². The minimum atomic E-state index is -4.20. The normalized spacial score (nSPS) is 11.8. The maximum atomic E-state index is 14.3. The lowest BCUT2D eigenvalue weighted by Gasteiger charge is -2.33. The molecule has 10 heteroatoms. The number of ether oxygens (including phenoxy) is 1. The first-order chi connectivity index (χ1) is 20.6. The maximum absolute atomic E-state index is 14.3. The fraction of sp³-hybridized carbons (Fsp3) is 0.212. The van der Waals surface area contributed by atoms with Crippen molar-refractivity contribution in [1.29, 1.82) is 0 Å². The van der Waals surface area contributed by atoms with Crippen LogP contribution < -0.4 is 14.4 Å². The van der Waals surface area contributed by atoms with Crippen LogP contribution in [0.4, 0.5) is 5.69 Å². The topological polar surface area (TPSA) is 96.0 Å². The van der Waals surface area contributed by atoms with Crippen molar-refractivity contribution in [3.05, 3.63) is 125 Å². The Hall–Kier alpha value is -4.34. The number of hydrogen-bond acceptors (Lipinski definition) is 5. The molecule has 4 aromatic rings. The van der Waals surface area contributed by atoms with Crippen LogP contribution in [0.25, 0.3) is 0 Å². The molecule has 8 nitrogen and oxygen atoms in total. The highest BCUT2D eigenvalue weighted by molar-refractivity contribution is 7.92. The Morgan fingerprint density at radius 2 is 1.56 bits per heavy atom. The van der Waals surface area contributed by atoms with Gasteiger partial charge in [0.2, 0.25) is 11.8 Å². The second-order valence-corrected chi connectivity index (χ2v) is 12.3. The van der Waals surface area contributed by atoms with E-state index in [-0.39, 0.29) is 29.5 Å². The molecule has 2 amide bonds. The summed E-state index contributed by atoms with van der Waals surface area (Å²) < 4.78 is 34.5. The van der Waals surface area contributed by atoms with Gasteiger partial charge in [-0.25, -0.2) is 8.42 Å². The SMILES string of the molecule is CNC(=O)[C@@H](Cc1ccccc1)N(Cc1cccc(OC)c1)C(=O)CN(c1cccc(Cl)c1)S(=O)(=O)c1ccc(C)cc1. The van der Waals surface area contributed by atoms with E-state index in [1.165, 1.54) is 30.1 Å². The predicted octanol–water partition coefficient (Wildman–Crippen LogP) is 5.24. The second-order valence-electron chi connectivity index (χ2n) is 10.00. The van der Waals surface area contributed by atoms with Crippen LogP contribution in [0, 0.1) is 6.92 Å². The van der Waals surface area contributed by atoms with Crippen LogP contribution in [0.2, 0.25) is 5.02 Å². The van der Waals surface area contributed by atoms with Gasteiger partial charge in [0.25, 0.3) is 10.0 Å². The Morgan fingerprint density at radius 1 is 0.884 bits per heavy atom. The molecule has 4 rings (SSSR count). The molecule has 0 saturated carbocycles. The molecule has 0 aliphatic rings. The van der Waals surface area contributed by atoms with Gasteiger partial charge in [0.05, 0.1) is 17.7 Å². The van der Waals surface area contributed by atoms with Gasteiger partial charge >= 0.3 is 0 Å². The summed E-state index contributed by atoms with van der Waals surface area (Å²) >= 11 is 6.26. The summed E-state index contributed by atoms with van der Waals surface area (Å²) in [5, 5.41) is 2.99. The molecule has 0 radical (unpaired) electrons. The summed E-state index contributed by atoms with van der Waals surface area (Å²) in [6, 6.07) is 28.3. The molecule has 0 saturated heterocycles. The summed E-state index contributed by atoms with van der Waals surface area (Å²) in [6.07, 6.45) is 0.220. The van der Waals surface area contributed by atoms with Gasteiger partial charge in [0.15, 0.2) is 0 Å². The van der Waals surface area contributed by atoms with Crippen molar-refractivity contribution in [3.8, 4) is 5.75 Å². The number of sulfonamides is 1. The van der Waals surface area contributed by atoms with E-state index in [0.717, 1.165) is 15.4 Å². The van der Waals surface area contributed by atoms with Crippen LogP contribution in [0.1, 0.15) is 16.7 Å². The largest absolute Gasteiger partial charge is 0.497 e. The zero-order valence-corrected chi connectivity index (χ0v) is 25.8. The first-order valence-corrected chi connectivity index (χ1v) is 15.5. The lowest BCUT2D eigenvalue weighted by molar-refractivity contribution is -0.139. The van der Waals surface area contributed by atoms with E-state index in [0.29, 0.717) is 16.3 Å². The van der Waals surface area contributed by atoms with Gasteiger partial charge in [0, 0.05) is 25.0 Å².